The highest BCUT2D eigenvalue weighted by Crippen LogP contribution is 2.46. The molecule has 33 heavy (non-hydrogen) atoms. The van der Waals surface area contributed by atoms with E-state index in [1.165, 1.54) is 7.11 Å². The average Bonchev–Trinajstić information content (AvgIpc) is 2.51. The molecule has 4 unspecified atom stereocenters. The van der Waals surface area contributed by atoms with Crippen LogP contribution >= 0.6 is 0 Å². The molecule has 20 heteroatoms. The lowest BCUT2D eigenvalue weighted by molar-refractivity contribution is 0.00657. The van der Waals surface area contributed by atoms with Gasteiger partial charge in [-0.15, -0.1) is 6.58 Å². The molecule has 0 aliphatic carbocycles. The highest BCUT2D eigenvalue weighted by atomic mass is 28.6. The van der Waals surface area contributed by atoms with Crippen molar-refractivity contribution < 1.29 is 49.7 Å². The van der Waals surface area contributed by atoms with Gasteiger partial charge in [0, 0.05) is 52.4 Å². The van der Waals surface area contributed by atoms with Crippen molar-refractivity contribution in [1.82, 2.24) is 0 Å². The quantitative estimate of drug-likeness (QED) is 0.346. The van der Waals surface area contributed by atoms with Gasteiger partial charge in [0.15, 0.2) is 0 Å². The molecule has 0 N–H and O–H groups in total. The summed E-state index contributed by atoms with van der Waals surface area (Å²) in [5.41, 5.74) is 0. The Kier molecular flexibility index (Phi) is 6.76. The van der Waals surface area contributed by atoms with Crippen LogP contribution in [0.1, 0.15) is 6.42 Å². The Hall–Kier alpha value is 0.995. The molecule has 0 spiro atoms. The van der Waals surface area contributed by atoms with Crippen molar-refractivity contribution >= 4 is 70.2 Å². The summed E-state index contributed by atoms with van der Waals surface area (Å²) in [7, 11) is -25.8. The van der Waals surface area contributed by atoms with Crippen molar-refractivity contribution in [1.29, 1.82) is 0 Å². The molecule has 4 rings (SSSR count). The highest BCUT2D eigenvalue weighted by Gasteiger charge is 2.75. The third-order valence-electron chi connectivity index (χ3n) is 5.14. The molecule has 190 valence electrons. The van der Waals surface area contributed by atoms with Gasteiger partial charge in [-0.2, -0.15) is 0 Å². The van der Waals surface area contributed by atoms with Crippen LogP contribution in [0.4, 0.5) is 0 Å². The van der Waals surface area contributed by atoms with Crippen LogP contribution in [0.25, 0.3) is 0 Å². The molecule has 4 heterocycles. The van der Waals surface area contributed by atoms with Gasteiger partial charge in [0.05, 0.1) is 0 Å². The summed E-state index contributed by atoms with van der Waals surface area (Å²) in [6.07, 6.45) is 2.36. The average molecular weight is 607 g/mol. The Morgan fingerprint density at radius 1 is 0.576 bits per heavy atom. The molecule has 12 nitrogen and oxygen atoms in total. The minimum Gasteiger partial charge on any atom is -0.395 e. The van der Waals surface area contributed by atoms with Crippen LogP contribution in [0.3, 0.4) is 0 Å². The standard InChI is InChI=1S/C13H34O12Si8/c1-11-12-13-33-23-28(6)15-26(3,4)16-29(7,24-33)20-31(9)18-27(5,14-2)17-30(8,19-28)21-32(10,22-31)25-33/h11H,1,12-13H2,2-10H3. The van der Waals surface area contributed by atoms with Crippen LogP contribution in [-0.4, -0.2) is 77.3 Å². The van der Waals surface area contributed by atoms with Crippen LogP contribution in [0.5, 0.6) is 0 Å². The number of hydrogen-bond donors (Lipinski definition) is 0. The van der Waals surface area contributed by atoms with Crippen molar-refractivity contribution in [3.63, 3.8) is 0 Å². The van der Waals surface area contributed by atoms with Crippen molar-refractivity contribution in [3.05, 3.63) is 12.7 Å². The molecule has 0 aromatic carbocycles. The molecular formula is C13H34O12Si8. The van der Waals surface area contributed by atoms with E-state index < -0.39 is 70.2 Å². The Morgan fingerprint density at radius 2 is 0.939 bits per heavy atom. The monoisotopic (exact) mass is 606 g/mol. The van der Waals surface area contributed by atoms with Crippen molar-refractivity contribution in [2.45, 2.75) is 64.8 Å². The van der Waals surface area contributed by atoms with E-state index in [0.29, 0.717) is 12.5 Å². The highest BCUT2D eigenvalue weighted by molar-refractivity contribution is 7.00. The Morgan fingerprint density at radius 3 is 1.30 bits per heavy atom. The summed E-state index contributed by atoms with van der Waals surface area (Å²) in [5, 5.41) is 0. The van der Waals surface area contributed by atoms with Gasteiger partial charge in [-0.3, -0.25) is 0 Å². The molecule has 0 aromatic rings. The molecule has 4 aliphatic heterocycles. The predicted octanol–water partition coefficient (Wildman–Crippen LogP) is 2.50. The first-order chi connectivity index (χ1) is 14.9. The van der Waals surface area contributed by atoms with Crippen LogP contribution in [-0.2, 0) is 49.7 Å². The molecule has 0 aromatic heterocycles. The molecule has 0 saturated carbocycles. The van der Waals surface area contributed by atoms with Crippen LogP contribution in [0, 0.1) is 0 Å². The topological polar surface area (TPSA) is 111 Å². The Balaban J connectivity index is 1.96. The second-order valence-electron chi connectivity index (χ2n) is 9.41. The number of rotatable bonds is 4. The lowest BCUT2D eigenvalue weighted by atomic mass is 10.5. The minimum atomic E-state index is -3.55. The van der Waals surface area contributed by atoms with Gasteiger partial charge in [-0.05, 0) is 19.5 Å². The molecule has 4 saturated heterocycles. The van der Waals surface area contributed by atoms with Gasteiger partial charge in [0.2, 0.25) is 0 Å². The molecule has 4 atom stereocenters. The lowest BCUT2D eigenvalue weighted by Gasteiger charge is -2.58. The lowest BCUT2D eigenvalue weighted by Crippen LogP contribution is -2.82. The first-order valence-corrected chi connectivity index (χ1v) is 28.9. The van der Waals surface area contributed by atoms with Gasteiger partial charge in [-0.1, -0.05) is 6.08 Å². The summed E-state index contributed by atoms with van der Waals surface area (Å²) in [6.45, 7) is 18.3. The zero-order chi connectivity index (χ0) is 24.6. The number of hydrogen-bond acceptors (Lipinski definition) is 12. The summed E-state index contributed by atoms with van der Waals surface area (Å²) in [6, 6.07) is 0.418. The van der Waals surface area contributed by atoms with Crippen molar-refractivity contribution in [2.75, 3.05) is 7.11 Å². The SMILES string of the molecule is C=CCC[Si]12O[Si]3(C)O[Si](C)(C)O[Si](C)(O[Si]4(C)O[Si](C)(OC)O[Si](C)(O3)O[Si](C)(O4)O1)O2. The number of fused-ring (bicyclic) bond motifs is 4. The zero-order valence-corrected chi connectivity index (χ0v) is 28.6. The number of allylic oxidation sites excluding steroid dienone is 1. The van der Waals surface area contributed by atoms with E-state index in [9.17, 15) is 0 Å². The van der Waals surface area contributed by atoms with Gasteiger partial charge >= 0.3 is 70.2 Å². The fourth-order valence-corrected chi connectivity index (χ4v) is 48.1. The second-order valence-corrected chi connectivity index (χ2v) is 33.8. The maximum atomic E-state index is 6.73. The Bertz CT molecular complexity index is 773. The fraction of sp³-hybridized carbons (Fsp3) is 0.846. The van der Waals surface area contributed by atoms with Crippen molar-refractivity contribution in [2.24, 2.45) is 0 Å². The first-order valence-electron chi connectivity index (χ1n) is 10.8. The normalized spacial score (nSPS) is 53.8. The molecule has 0 radical (unpaired) electrons. The summed E-state index contributed by atoms with van der Waals surface area (Å²) in [5.74, 6) is 0. The van der Waals surface area contributed by atoms with E-state index in [4.69, 9.17) is 49.7 Å². The van der Waals surface area contributed by atoms with E-state index in [0.717, 1.165) is 0 Å². The van der Waals surface area contributed by atoms with Gasteiger partial charge < -0.3 is 49.7 Å². The van der Waals surface area contributed by atoms with Crippen LogP contribution in [0.2, 0.25) is 58.4 Å². The maximum Gasteiger partial charge on any atom is 0.482 e. The Labute approximate surface area is 204 Å². The fourth-order valence-electron chi connectivity index (χ4n) is 4.69. The second kappa shape index (κ2) is 8.25. The van der Waals surface area contributed by atoms with E-state index in [-0.39, 0.29) is 0 Å². The third-order valence-corrected chi connectivity index (χ3v) is 39.7. The van der Waals surface area contributed by atoms with E-state index in [1.54, 1.807) is 45.4 Å². The van der Waals surface area contributed by atoms with Crippen LogP contribution < -0.4 is 0 Å². The largest absolute Gasteiger partial charge is 0.482 e. The maximum absolute atomic E-state index is 6.73. The van der Waals surface area contributed by atoms with E-state index in [2.05, 4.69) is 6.58 Å². The van der Waals surface area contributed by atoms with Crippen LogP contribution in [0.15, 0.2) is 12.7 Å². The molecule has 0 amide bonds. The van der Waals surface area contributed by atoms with Gasteiger partial charge in [0.25, 0.3) is 0 Å². The van der Waals surface area contributed by atoms with Gasteiger partial charge in [-0.25, -0.2) is 0 Å². The molecule has 4 aliphatic rings. The first kappa shape index (κ1) is 27.0. The smallest absolute Gasteiger partial charge is 0.395 e. The predicted molar refractivity (Wildman–Crippen MR) is 132 cm³/mol. The third kappa shape index (κ3) is 5.64. The van der Waals surface area contributed by atoms with Gasteiger partial charge in [0.1, 0.15) is 0 Å². The minimum absolute atomic E-state index is 0.418. The van der Waals surface area contributed by atoms with Crippen molar-refractivity contribution in [3.8, 4) is 0 Å². The van der Waals surface area contributed by atoms with E-state index >= 15 is 0 Å². The zero-order valence-electron chi connectivity index (χ0n) is 20.6. The summed E-state index contributed by atoms with van der Waals surface area (Å²) >= 11 is 0. The molecule has 4 fully saturated rings. The van der Waals surface area contributed by atoms with E-state index in [1.807, 2.05) is 13.1 Å². The summed E-state index contributed by atoms with van der Waals surface area (Å²) < 4.78 is 78.3. The molecular weight excluding hydrogens is 573 g/mol. The summed E-state index contributed by atoms with van der Waals surface area (Å²) in [4.78, 5) is 0. The molecule has 6 bridgehead atoms.